The number of nitrogens with zero attached hydrogens (tertiary/aromatic N) is 1. The Labute approximate surface area is 97.4 Å². The molecule has 5 nitrogen and oxygen atoms in total. The zero-order valence-electron chi connectivity index (χ0n) is 9.56. The molecule has 0 unspecified atom stereocenters. The molecule has 2 rings (SSSR count). The van der Waals surface area contributed by atoms with Gasteiger partial charge in [0.1, 0.15) is 11.3 Å². The van der Waals surface area contributed by atoms with Gasteiger partial charge in [-0.15, -0.1) is 0 Å². The molecule has 0 atom stereocenters. The normalized spacial score (nSPS) is 10.5. The first-order valence-corrected chi connectivity index (χ1v) is 5.02. The number of aryl methyl sites for hydroxylation is 1. The van der Waals surface area contributed by atoms with Gasteiger partial charge in [-0.3, -0.25) is 9.59 Å². The number of amides is 1. The Morgan fingerprint density at radius 3 is 2.65 bits per heavy atom. The van der Waals surface area contributed by atoms with Gasteiger partial charge in [-0.25, -0.2) is 0 Å². The van der Waals surface area contributed by atoms with E-state index in [9.17, 15) is 9.59 Å². The number of ether oxygens (including phenoxy) is 1. The third-order valence-corrected chi connectivity index (χ3v) is 2.70. The number of aromatic nitrogens is 1. The summed E-state index contributed by atoms with van der Waals surface area (Å²) in [5, 5.41) is 0.736. The Morgan fingerprint density at radius 2 is 2.06 bits per heavy atom. The minimum Gasteiger partial charge on any atom is -0.497 e. The molecule has 2 aromatic rings. The van der Waals surface area contributed by atoms with Crippen molar-refractivity contribution in [3.05, 3.63) is 40.2 Å². The van der Waals surface area contributed by atoms with Crippen LogP contribution in [0.5, 0.6) is 5.75 Å². The molecule has 1 amide bonds. The number of hydrogen-bond donors (Lipinski definition) is 1. The lowest BCUT2D eigenvalue weighted by Crippen LogP contribution is -2.28. The Bertz CT molecular complexity index is 659. The van der Waals surface area contributed by atoms with Crippen molar-refractivity contribution in [1.29, 1.82) is 0 Å². The second-order valence-corrected chi connectivity index (χ2v) is 3.71. The van der Waals surface area contributed by atoms with Crippen LogP contribution in [0.4, 0.5) is 0 Å². The molecule has 17 heavy (non-hydrogen) atoms. The molecule has 1 aromatic carbocycles. The first-order chi connectivity index (χ1) is 8.04. The summed E-state index contributed by atoms with van der Waals surface area (Å²) in [7, 11) is 3.15. The molecular formula is C12H12N2O3. The summed E-state index contributed by atoms with van der Waals surface area (Å²) in [6, 6.07) is 6.76. The van der Waals surface area contributed by atoms with Crippen molar-refractivity contribution in [3.8, 4) is 5.75 Å². The lowest BCUT2D eigenvalue weighted by Gasteiger charge is -2.08. The zero-order chi connectivity index (χ0) is 12.6. The Hall–Kier alpha value is -2.30. The van der Waals surface area contributed by atoms with E-state index in [1.54, 1.807) is 32.4 Å². The highest BCUT2D eigenvalue weighted by Crippen LogP contribution is 2.19. The summed E-state index contributed by atoms with van der Waals surface area (Å²) in [5.74, 6) is -0.0677. The number of carbonyl (C=O) groups excluding carboxylic acids is 1. The molecule has 0 aliphatic heterocycles. The molecule has 1 aromatic heterocycles. The maximum absolute atomic E-state index is 11.8. The van der Waals surface area contributed by atoms with Crippen molar-refractivity contribution in [2.75, 3.05) is 7.11 Å². The van der Waals surface area contributed by atoms with E-state index in [1.165, 1.54) is 10.6 Å². The minimum absolute atomic E-state index is 0.0201. The van der Waals surface area contributed by atoms with Gasteiger partial charge >= 0.3 is 0 Å². The Morgan fingerprint density at radius 1 is 1.35 bits per heavy atom. The van der Waals surface area contributed by atoms with Crippen LogP contribution in [-0.4, -0.2) is 17.6 Å². The Balaban J connectivity index is 2.86. The molecule has 88 valence electrons. The van der Waals surface area contributed by atoms with Crippen molar-refractivity contribution in [2.24, 2.45) is 12.8 Å². The van der Waals surface area contributed by atoms with Gasteiger partial charge in [-0.2, -0.15) is 0 Å². The molecule has 0 spiro atoms. The number of nitrogens with two attached hydrogens (primary N) is 1. The van der Waals surface area contributed by atoms with Gasteiger partial charge in [0.25, 0.3) is 11.5 Å². The zero-order valence-corrected chi connectivity index (χ0v) is 9.56. The highest BCUT2D eigenvalue weighted by molar-refractivity contribution is 5.96. The molecule has 0 aliphatic carbocycles. The minimum atomic E-state index is -0.727. The largest absolute Gasteiger partial charge is 0.497 e. The predicted octanol–water partition coefficient (Wildman–Crippen LogP) is 0.646. The van der Waals surface area contributed by atoms with E-state index in [-0.39, 0.29) is 5.56 Å². The molecule has 2 N–H and O–H groups in total. The van der Waals surface area contributed by atoms with Crippen molar-refractivity contribution < 1.29 is 9.53 Å². The van der Waals surface area contributed by atoms with Crippen LogP contribution in [0.3, 0.4) is 0 Å². The number of fused-ring (bicyclic) bond motifs is 1. The van der Waals surface area contributed by atoms with Gasteiger partial charge in [0, 0.05) is 12.4 Å². The second-order valence-electron chi connectivity index (χ2n) is 3.71. The summed E-state index contributed by atoms with van der Waals surface area (Å²) in [6.45, 7) is 0. The summed E-state index contributed by atoms with van der Waals surface area (Å²) in [5.41, 5.74) is 5.47. The summed E-state index contributed by atoms with van der Waals surface area (Å²) in [4.78, 5) is 23.0. The molecular weight excluding hydrogens is 220 g/mol. The van der Waals surface area contributed by atoms with Crippen molar-refractivity contribution in [3.63, 3.8) is 0 Å². The first-order valence-electron chi connectivity index (χ1n) is 5.02. The van der Waals surface area contributed by atoms with Gasteiger partial charge in [-0.1, -0.05) is 0 Å². The van der Waals surface area contributed by atoms with E-state index >= 15 is 0 Å². The van der Waals surface area contributed by atoms with E-state index < -0.39 is 11.5 Å². The van der Waals surface area contributed by atoms with E-state index in [0.29, 0.717) is 5.75 Å². The van der Waals surface area contributed by atoms with Crippen LogP contribution < -0.4 is 16.0 Å². The highest BCUT2D eigenvalue weighted by Gasteiger charge is 2.11. The van der Waals surface area contributed by atoms with E-state index in [0.717, 1.165) is 10.9 Å². The molecule has 0 aliphatic rings. The average molecular weight is 232 g/mol. The monoisotopic (exact) mass is 232 g/mol. The summed E-state index contributed by atoms with van der Waals surface area (Å²) >= 11 is 0. The molecule has 0 saturated carbocycles. The van der Waals surface area contributed by atoms with Crippen molar-refractivity contribution >= 4 is 16.8 Å². The third-order valence-electron chi connectivity index (χ3n) is 2.70. The molecule has 1 heterocycles. The summed E-state index contributed by atoms with van der Waals surface area (Å²) < 4.78 is 6.49. The van der Waals surface area contributed by atoms with Crippen LogP contribution in [0.15, 0.2) is 29.1 Å². The maximum atomic E-state index is 11.8. The van der Waals surface area contributed by atoms with E-state index in [1.807, 2.05) is 0 Å². The van der Waals surface area contributed by atoms with Crippen molar-refractivity contribution in [1.82, 2.24) is 4.57 Å². The smallest absolute Gasteiger partial charge is 0.263 e. The first kappa shape index (κ1) is 11.2. The third kappa shape index (κ3) is 1.75. The van der Waals surface area contributed by atoms with Crippen LogP contribution in [0.2, 0.25) is 0 Å². The fourth-order valence-corrected chi connectivity index (χ4v) is 1.76. The molecule has 0 fully saturated rings. The van der Waals surface area contributed by atoms with Crippen LogP contribution in [0.1, 0.15) is 10.4 Å². The number of hydrogen-bond acceptors (Lipinski definition) is 3. The fraction of sp³-hybridized carbons (Fsp3) is 0.167. The van der Waals surface area contributed by atoms with Crippen LogP contribution in [0.25, 0.3) is 10.9 Å². The molecule has 0 saturated heterocycles. The van der Waals surface area contributed by atoms with Crippen LogP contribution in [0, 0.1) is 0 Å². The van der Waals surface area contributed by atoms with Crippen LogP contribution in [-0.2, 0) is 7.05 Å². The number of benzene rings is 1. The SMILES string of the molecule is COc1ccc2c(c1)cc(C(N)=O)c(=O)n2C. The van der Waals surface area contributed by atoms with Gasteiger partial charge in [-0.05, 0) is 24.3 Å². The topological polar surface area (TPSA) is 74.3 Å². The molecule has 0 bridgehead atoms. The standard InChI is InChI=1S/C12H12N2O3/c1-14-10-4-3-8(17-2)5-7(10)6-9(11(13)15)12(14)16/h3-6H,1-2H3,(H2,13,15). The Kier molecular flexibility index (Phi) is 2.59. The molecule has 0 radical (unpaired) electrons. The van der Waals surface area contributed by atoms with Gasteiger partial charge < -0.3 is 15.0 Å². The quantitative estimate of drug-likeness (QED) is 0.825. The van der Waals surface area contributed by atoms with Gasteiger partial charge in [0.2, 0.25) is 0 Å². The second kappa shape index (κ2) is 3.93. The number of pyridine rings is 1. The van der Waals surface area contributed by atoms with Gasteiger partial charge in [0.15, 0.2) is 0 Å². The van der Waals surface area contributed by atoms with Crippen LogP contribution >= 0.6 is 0 Å². The fourth-order valence-electron chi connectivity index (χ4n) is 1.76. The number of primary amides is 1. The lowest BCUT2D eigenvalue weighted by atomic mass is 10.1. The van der Waals surface area contributed by atoms with E-state index in [4.69, 9.17) is 10.5 Å². The summed E-state index contributed by atoms with van der Waals surface area (Å²) in [6.07, 6.45) is 0. The highest BCUT2D eigenvalue weighted by atomic mass is 16.5. The van der Waals surface area contributed by atoms with Gasteiger partial charge in [0.05, 0.1) is 12.6 Å². The van der Waals surface area contributed by atoms with Crippen molar-refractivity contribution in [2.45, 2.75) is 0 Å². The maximum Gasteiger partial charge on any atom is 0.263 e. The number of rotatable bonds is 2. The lowest BCUT2D eigenvalue weighted by molar-refractivity contribution is 0.0998. The van der Waals surface area contributed by atoms with E-state index in [2.05, 4.69) is 0 Å². The molecule has 5 heteroatoms. The number of carbonyl (C=O) groups is 1. The predicted molar refractivity (Wildman–Crippen MR) is 64.3 cm³/mol. The number of methoxy groups -OCH3 is 1. The average Bonchev–Trinajstić information content (AvgIpc) is 2.32.